The average molecular weight is 471 g/mol. The quantitative estimate of drug-likeness (QED) is 0.114. The Labute approximate surface area is 200 Å². The number of unbranched alkanes of at least 4 members (excludes halogenated alkanes) is 16. The molecule has 0 fully saturated rings. The minimum atomic E-state index is -1.22. The number of rotatable bonds is 24. The highest BCUT2D eigenvalue weighted by Crippen LogP contribution is 2.15. The summed E-state index contributed by atoms with van der Waals surface area (Å²) in [6.07, 6.45) is 24.5. The third-order valence-electron chi connectivity index (χ3n) is 6.00. The van der Waals surface area contributed by atoms with E-state index >= 15 is 0 Å². The van der Waals surface area contributed by atoms with Crippen LogP contribution < -0.4 is 0 Å². The summed E-state index contributed by atoms with van der Waals surface area (Å²) in [7, 11) is 0. The van der Waals surface area contributed by atoms with Gasteiger partial charge in [0.1, 0.15) is 0 Å². The van der Waals surface area contributed by atoms with Crippen LogP contribution in [-0.2, 0) is 14.4 Å². The molecular formula is C26H48NO6+. The second-order valence-corrected chi connectivity index (χ2v) is 9.35. The molecule has 0 aliphatic heterocycles. The minimum Gasteiger partial charge on any atom is -0.477 e. The highest BCUT2D eigenvalue weighted by Gasteiger charge is 2.34. The standard InChI is InChI=1S/C26H47NO6/c1-2-3-4-5-6-7-8-9-10-11-12-13-14-15-16-17-18-19-20-27(21-24(28)29,22-25(30)31)23-26(32)33/h19-20H,2-18,21-23H2,1H3,(H2-,28,29,30,31,32,33)/p+1/b20-19+. The van der Waals surface area contributed by atoms with Crippen LogP contribution in [0.5, 0.6) is 0 Å². The first-order valence-corrected chi connectivity index (χ1v) is 13.0. The van der Waals surface area contributed by atoms with Crippen LogP contribution in [0.15, 0.2) is 12.3 Å². The largest absolute Gasteiger partial charge is 0.477 e. The summed E-state index contributed by atoms with van der Waals surface area (Å²) in [4.78, 5) is 33.4. The van der Waals surface area contributed by atoms with Crippen molar-refractivity contribution in [2.45, 2.75) is 116 Å². The predicted octanol–water partition coefficient (Wildman–Crippen LogP) is 6.22. The van der Waals surface area contributed by atoms with Crippen LogP contribution in [-0.4, -0.2) is 57.3 Å². The Balaban J connectivity index is 3.85. The van der Waals surface area contributed by atoms with Gasteiger partial charge in [-0.05, 0) is 18.9 Å². The zero-order valence-electron chi connectivity index (χ0n) is 20.8. The Hall–Kier alpha value is -1.89. The van der Waals surface area contributed by atoms with Gasteiger partial charge in [0, 0.05) is 0 Å². The molecule has 0 unspecified atom stereocenters. The molecule has 0 saturated carbocycles. The van der Waals surface area contributed by atoms with E-state index in [1.807, 2.05) is 0 Å². The SMILES string of the molecule is CCCCCCCCCCCCCCCCCC/C=C/[N+](CC(=O)O)(CC(=O)O)CC(=O)O. The van der Waals surface area contributed by atoms with E-state index in [0.717, 1.165) is 19.3 Å². The van der Waals surface area contributed by atoms with E-state index in [2.05, 4.69) is 6.92 Å². The van der Waals surface area contributed by atoms with Crippen LogP contribution in [0.25, 0.3) is 0 Å². The topological polar surface area (TPSA) is 112 Å². The maximum atomic E-state index is 11.1. The molecule has 192 valence electrons. The molecule has 7 heteroatoms. The van der Waals surface area contributed by atoms with Crippen LogP contribution >= 0.6 is 0 Å². The normalized spacial score (nSPS) is 11.8. The minimum absolute atomic E-state index is 0.561. The molecular weight excluding hydrogens is 422 g/mol. The molecule has 0 aromatic heterocycles. The van der Waals surface area contributed by atoms with E-state index in [4.69, 9.17) is 15.3 Å². The fraction of sp³-hybridized carbons (Fsp3) is 0.808. The summed E-state index contributed by atoms with van der Waals surface area (Å²) in [5.41, 5.74) is 0. The van der Waals surface area contributed by atoms with E-state index < -0.39 is 42.0 Å². The van der Waals surface area contributed by atoms with Gasteiger partial charge in [-0.15, -0.1) is 0 Å². The van der Waals surface area contributed by atoms with E-state index in [1.165, 1.54) is 89.7 Å². The van der Waals surface area contributed by atoms with Crippen molar-refractivity contribution in [2.24, 2.45) is 0 Å². The van der Waals surface area contributed by atoms with Crippen molar-refractivity contribution >= 4 is 17.9 Å². The molecule has 0 atom stereocenters. The Morgan fingerprint density at radius 3 is 1.15 bits per heavy atom. The van der Waals surface area contributed by atoms with Crippen molar-refractivity contribution in [3.05, 3.63) is 12.3 Å². The van der Waals surface area contributed by atoms with Crippen molar-refractivity contribution in [3.8, 4) is 0 Å². The number of carbonyl (C=O) groups is 3. The Morgan fingerprint density at radius 2 is 0.848 bits per heavy atom. The average Bonchev–Trinajstić information content (AvgIpc) is 2.71. The number of hydrogen-bond donors (Lipinski definition) is 3. The molecule has 0 aliphatic carbocycles. The molecule has 0 aliphatic rings. The number of nitrogens with zero attached hydrogens (tertiary/aromatic N) is 1. The highest BCUT2D eigenvalue weighted by molar-refractivity contribution is 5.73. The first kappa shape index (κ1) is 31.1. The van der Waals surface area contributed by atoms with Gasteiger partial charge in [0.25, 0.3) is 0 Å². The smallest absolute Gasteiger partial charge is 0.359 e. The summed E-state index contributed by atoms with van der Waals surface area (Å²) in [5, 5.41) is 27.3. The van der Waals surface area contributed by atoms with Gasteiger partial charge in [0.15, 0.2) is 19.6 Å². The van der Waals surface area contributed by atoms with Gasteiger partial charge in [-0.1, -0.05) is 103 Å². The molecule has 0 aromatic carbocycles. The highest BCUT2D eigenvalue weighted by atomic mass is 16.4. The molecule has 0 saturated heterocycles. The Kier molecular flexibility index (Phi) is 19.5. The van der Waals surface area contributed by atoms with Crippen LogP contribution in [0.4, 0.5) is 0 Å². The molecule has 0 amide bonds. The summed E-state index contributed by atoms with van der Waals surface area (Å²) < 4.78 is -0.612. The maximum Gasteiger partial charge on any atom is 0.359 e. The second kappa shape index (κ2) is 20.7. The van der Waals surface area contributed by atoms with Crippen molar-refractivity contribution in [1.82, 2.24) is 0 Å². The van der Waals surface area contributed by atoms with E-state index in [1.54, 1.807) is 6.08 Å². The third kappa shape index (κ3) is 20.4. The number of quaternary nitrogens is 1. The van der Waals surface area contributed by atoms with Crippen molar-refractivity contribution in [1.29, 1.82) is 0 Å². The van der Waals surface area contributed by atoms with E-state index in [9.17, 15) is 14.4 Å². The Bertz CT molecular complexity index is 520. The van der Waals surface area contributed by atoms with Crippen LogP contribution in [0.1, 0.15) is 116 Å². The fourth-order valence-corrected chi connectivity index (χ4v) is 4.24. The van der Waals surface area contributed by atoms with Crippen LogP contribution in [0.2, 0.25) is 0 Å². The first-order chi connectivity index (χ1) is 15.8. The molecule has 3 N–H and O–H groups in total. The van der Waals surface area contributed by atoms with Gasteiger partial charge in [-0.2, -0.15) is 0 Å². The predicted molar refractivity (Wildman–Crippen MR) is 131 cm³/mol. The van der Waals surface area contributed by atoms with E-state index in [-0.39, 0.29) is 0 Å². The number of carboxylic acid groups (broad SMARTS) is 3. The summed E-state index contributed by atoms with van der Waals surface area (Å²) in [5.74, 6) is -3.65. The van der Waals surface area contributed by atoms with Gasteiger partial charge in [0.2, 0.25) is 0 Å². The van der Waals surface area contributed by atoms with Gasteiger partial charge in [-0.25, -0.2) is 14.4 Å². The number of hydrogen-bond acceptors (Lipinski definition) is 3. The molecule has 0 rings (SSSR count). The fourth-order valence-electron chi connectivity index (χ4n) is 4.24. The van der Waals surface area contributed by atoms with Gasteiger partial charge < -0.3 is 15.3 Å². The molecule has 0 spiro atoms. The molecule has 7 nitrogen and oxygen atoms in total. The molecule has 0 radical (unpaired) electrons. The molecule has 0 heterocycles. The maximum absolute atomic E-state index is 11.1. The van der Waals surface area contributed by atoms with Gasteiger partial charge >= 0.3 is 17.9 Å². The number of aliphatic carboxylic acids is 3. The summed E-state index contributed by atoms with van der Waals surface area (Å²) >= 11 is 0. The van der Waals surface area contributed by atoms with Gasteiger partial charge in [-0.3, -0.25) is 4.48 Å². The number of carboxylic acids is 3. The van der Waals surface area contributed by atoms with Crippen LogP contribution in [0.3, 0.4) is 0 Å². The van der Waals surface area contributed by atoms with Crippen molar-refractivity contribution in [3.63, 3.8) is 0 Å². The Morgan fingerprint density at radius 1 is 0.545 bits per heavy atom. The first-order valence-electron chi connectivity index (χ1n) is 13.0. The van der Waals surface area contributed by atoms with Crippen LogP contribution in [0, 0.1) is 0 Å². The second-order valence-electron chi connectivity index (χ2n) is 9.35. The van der Waals surface area contributed by atoms with Crippen molar-refractivity contribution < 1.29 is 34.2 Å². The lowest BCUT2D eigenvalue weighted by molar-refractivity contribution is -0.857. The van der Waals surface area contributed by atoms with Crippen molar-refractivity contribution in [2.75, 3.05) is 19.6 Å². The lowest BCUT2D eigenvalue weighted by atomic mass is 10.0. The third-order valence-corrected chi connectivity index (χ3v) is 6.00. The molecule has 33 heavy (non-hydrogen) atoms. The zero-order chi connectivity index (χ0) is 24.8. The monoisotopic (exact) mass is 470 g/mol. The zero-order valence-corrected chi connectivity index (χ0v) is 20.8. The summed E-state index contributed by atoms with van der Waals surface area (Å²) in [6.45, 7) is 0.570. The molecule has 0 aromatic rings. The lowest BCUT2D eigenvalue weighted by Gasteiger charge is -2.29. The van der Waals surface area contributed by atoms with E-state index in [0.29, 0.717) is 6.42 Å². The number of allylic oxidation sites excluding steroid dienone is 1. The lowest BCUT2D eigenvalue weighted by Crippen LogP contribution is -2.52. The molecule has 0 bridgehead atoms. The van der Waals surface area contributed by atoms with Gasteiger partial charge in [0.05, 0.1) is 6.20 Å². The summed E-state index contributed by atoms with van der Waals surface area (Å²) in [6, 6.07) is 0.